The Morgan fingerprint density at radius 3 is 2.42 bits per heavy atom. The quantitative estimate of drug-likeness (QED) is 0.893. The third-order valence-corrected chi connectivity index (χ3v) is 2.86. The van der Waals surface area contributed by atoms with Gasteiger partial charge in [0.25, 0.3) is 0 Å². The Morgan fingerprint density at radius 2 is 1.84 bits per heavy atom. The minimum absolute atomic E-state index is 0. The van der Waals surface area contributed by atoms with E-state index in [4.69, 9.17) is 15.4 Å². The average molecular weight is 275 g/mol. The zero-order valence-corrected chi connectivity index (χ0v) is 11.6. The maximum atomic E-state index is 9.07. The van der Waals surface area contributed by atoms with Gasteiger partial charge in [0.1, 0.15) is 17.2 Å². The third-order valence-electron chi connectivity index (χ3n) is 2.86. The van der Waals surface area contributed by atoms with Crippen LogP contribution < -0.4 is 0 Å². The first-order valence-electron chi connectivity index (χ1n) is 5.70. The van der Waals surface area contributed by atoms with Crippen molar-refractivity contribution in [3.05, 3.63) is 53.1 Å². The van der Waals surface area contributed by atoms with Gasteiger partial charge >= 0.3 is 0 Å². The molecular weight excluding hydrogens is 260 g/mol. The number of rotatable bonds is 2. The van der Waals surface area contributed by atoms with E-state index in [1.807, 2.05) is 62.4 Å². The van der Waals surface area contributed by atoms with Gasteiger partial charge in [-0.2, -0.15) is 5.26 Å². The van der Waals surface area contributed by atoms with Crippen LogP contribution in [-0.4, -0.2) is 11.5 Å². The number of nitrogens with one attached hydrogen (secondary N) is 1. The molecule has 1 aromatic rings. The van der Waals surface area contributed by atoms with Crippen LogP contribution in [0, 0.1) is 16.7 Å². The SMILES string of the molecule is CC1(C)OC(=N)C(C#N)=C1C=Cc1ccccc1.Cl. The van der Waals surface area contributed by atoms with Crippen LogP contribution in [-0.2, 0) is 4.74 Å². The van der Waals surface area contributed by atoms with Crippen LogP contribution in [0.2, 0.25) is 0 Å². The Balaban J connectivity index is 0.00000180. The van der Waals surface area contributed by atoms with Gasteiger partial charge in [0.15, 0.2) is 0 Å². The minimum Gasteiger partial charge on any atom is -0.466 e. The number of ether oxygens (including phenoxy) is 1. The minimum atomic E-state index is -0.618. The lowest BCUT2D eigenvalue weighted by molar-refractivity contribution is 0.152. The van der Waals surface area contributed by atoms with Crippen molar-refractivity contribution in [3.8, 4) is 6.07 Å². The van der Waals surface area contributed by atoms with Gasteiger partial charge in [-0.15, -0.1) is 12.4 Å². The van der Waals surface area contributed by atoms with E-state index in [1.54, 1.807) is 0 Å². The van der Waals surface area contributed by atoms with Gasteiger partial charge in [0.2, 0.25) is 5.90 Å². The topological polar surface area (TPSA) is 56.9 Å². The first-order chi connectivity index (χ1) is 8.54. The fourth-order valence-corrected chi connectivity index (χ4v) is 1.92. The lowest BCUT2D eigenvalue weighted by Crippen LogP contribution is -2.22. The smallest absolute Gasteiger partial charge is 0.225 e. The van der Waals surface area contributed by atoms with Crippen LogP contribution in [0.15, 0.2) is 47.6 Å². The molecule has 1 N–H and O–H groups in total. The molecule has 0 atom stereocenters. The van der Waals surface area contributed by atoms with Gasteiger partial charge in [0.05, 0.1) is 0 Å². The van der Waals surface area contributed by atoms with Gasteiger partial charge < -0.3 is 4.74 Å². The van der Waals surface area contributed by atoms with Crippen LogP contribution in [0.1, 0.15) is 19.4 Å². The molecule has 0 spiro atoms. The van der Waals surface area contributed by atoms with Crippen LogP contribution in [0.4, 0.5) is 0 Å². The van der Waals surface area contributed by atoms with Crippen molar-refractivity contribution in [2.45, 2.75) is 19.4 Å². The van der Waals surface area contributed by atoms with Gasteiger partial charge in [-0.1, -0.05) is 42.5 Å². The van der Waals surface area contributed by atoms with Crippen molar-refractivity contribution in [3.63, 3.8) is 0 Å². The highest BCUT2D eigenvalue weighted by Crippen LogP contribution is 2.33. The number of nitrogens with zero attached hydrogens (tertiary/aromatic N) is 1. The monoisotopic (exact) mass is 274 g/mol. The van der Waals surface area contributed by atoms with Gasteiger partial charge in [0, 0.05) is 5.57 Å². The molecule has 0 unspecified atom stereocenters. The standard InChI is InChI=1S/C15H14N2O.ClH/c1-15(2)13(12(10-16)14(17)18-15)9-8-11-6-4-3-5-7-11;/h3-9,17H,1-2H3;1H. The number of benzene rings is 1. The summed E-state index contributed by atoms with van der Waals surface area (Å²) in [5.74, 6) is -0.0461. The molecule has 0 amide bonds. The summed E-state index contributed by atoms with van der Waals surface area (Å²) in [6.07, 6.45) is 3.78. The summed E-state index contributed by atoms with van der Waals surface area (Å²) >= 11 is 0. The van der Waals surface area contributed by atoms with E-state index in [9.17, 15) is 0 Å². The number of halogens is 1. The highest BCUT2D eigenvalue weighted by Gasteiger charge is 2.36. The van der Waals surface area contributed by atoms with E-state index >= 15 is 0 Å². The molecule has 0 saturated carbocycles. The van der Waals surface area contributed by atoms with E-state index < -0.39 is 5.60 Å². The molecule has 98 valence electrons. The molecule has 0 bridgehead atoms. The Hall–Kier alpha value is -2.05. The summed E-state index contributed by atoms with van der Waals surface area (Å²) in [5, 5.41) is 16.7. The molecule has 1 aliphatic rings. The Labute approximate surface area is 119 Å². The second kappa shape index (κ2) is 5.73. The van der Waals surface area contributed by atoms with E-state index in [1.165, 1.54) is 0 Å². The molecule has 1 heterocycles. The summed E-state index contributed by atoms with van der Waals surface area (Å²) in [7, 11) is 0. The highest BCUT2D eigenvalue weighted by atomic mass is 35.5. The summed E-state index contributed by atoms with van der Waals surface area (Å²) in [5.41, 5.74) is 1.50. The summed E-state index contributed by atoms with van der Waals surface area (Å²) in [6, 6.07) is 11.9. The molecule has 3 nitrogen and oxygen atoms in total. The lowest BCUT2D eigenvalue weighted by atomic mass is 9.95. The molecule has 4 heteroatoms. The van der Waals surface area contributed by atoms with Crippen LogP contribution in [0.25, 0.3) is 6.08 Å². The first-order valence-corrected chi connectivity index (χ1v) is 5.70. The zero-order chi connectivity index (χ0) is 13.2. The van der Waals surface area contributed by atoms with E-state index in [-0.39, 0.29) is 18.3 Å². The molecule has 0 fully saturated rings. The summed E-state index contributed by atoms with van der Waals surface area (Å²) < 4.78 is 5.39. The molecular formula is C15H15ClN2O. The van der Waals surface area contributed by atoms with Crippen molar-refractivity contribution in [1.29, 1.82) is 10.7 Å². The van der Waals surface area contributed by atoms with E-state index in [2.05, 4.69) is 0 Å². The van der Waals surface area contributed by atoms with Crippen LogP contribution in [0.3, 0.4) is 0 Å². The van der Waals surface area contributed by atoms with E-state index in [0.717, 1.165) is 11.1 Å². The lowest BCUT2D eigenvalue weighted by Gasteiger charge is -2.19. The predicted octanol–water partition coefficient (Wildman–Crippen LogP) is 3.73. The highest BCUT2D eigenvalue weighted by molar-refractivity contribution is 6.00. The Kier molecular flexibility index (Phi) is 4.52. The maximum absolute atomic E-state index is 9.07. The second-order valence-electron chi connectivity index (χ2n) is 4.59. The fourth-order valence-electron chi connectivity index (χ4n) is 1.92. The molecule has 1 aliphatic heterocycles. The molecule has 0 aromatic heterocycles. The van der Waals surface area contributed by atoms with Gasteiger partial charge in [-0.25, -0.2) is 0 Å². The average Bonchev–Trinajstić information content (AvgIpc) is 2.56. The third kappa shape index (κ3) is 3.04. The molecule has 0 radical (unpaired) electrons. The van der Waals surface area contributed by atoms with Crippen LogP contribution >= 0.6 is 12.4 Å². The zero-order valence-electron chi connectivity index (χ0n) is 10.8. The Morgan fingerprint density at radius 1 is 1.21 bits per heavy atom. The van der Waals surface area contributed by atoms with Gasteiger partial charge in [-0.3, -0.25) is 5.41 Å². The number of hydrogen-bond acceptors (Lipinski definition) is 3. The summed E-state index contributed by atoms with van der Waals surface area (Å²) in [4.78, 5) is 0. The van der Waals surface area contributed by atoms with Crippen molar-refractivity contribution in [2.24, 2.45) is 0 Å². The molecule has 2 rings (SSSR count). The molecule has 0 saturated heterocycles. The normalized spacial score (nSPS) is 17.0. The number of hydrogen-bond donors (Lipinski definition) is 1. The maximum Gasteiger partial charge on any atom is 0.225 e. The van der Waals surface area contributed by atoms with Crippen LogP contribution in [0.5, 0.6) is 0 Å². The largest absolute Gasteiger partial charge is 0.466 e. The molecule has 0 aliphatic carbocycles. The van der Waals surface area contributed by atoms with E-state index in [0.29, 0.717) is 5.57 Å². The van der Waals surface area contributed by atoms with Gasteiger partial charge in [-0.05, 0) is 19.4 Å². The molecule has 1 aromatic carbocycles. The predicted molar refractivity (Wildman–Crippen MR) is 78.3 cm³/mol. The summed E-state index contributed by atoms with van der Waals surface area (Å²) in [6.45, 7) is 3.72. The molecule has 19 heavy (non-hydrogen) atoms. The second-order valence-corrected chi connectivity index (χ2v) is 4.59. The van der Waals surface area contributed by atoms with Crippen molar-refractivity contribution in [2.75, 3.05) is 0 Å². The fraction of sp³-hybridized carbons (Fsp3) is 0.200. The number of nitriles is 1. The van der Waals surface area contributed by atoms with Crippen molar-refractivity contribution < 1.29 is 4.74 Å². The first kappa shape index (κ1) is 15.0. The van der Waals surface area contributed by atoms with Crippen molar-refractivity contribution in [1.82, 2.24) is 0 Å². The Bertz CT molecular complexity index is 580. The van der Waals surface area contributed by atoms with Crippen molar-refractivity contribution >= 4 is 24.4 Å².